The highest BCUT2D eigenvalue weighted by molar-refractivity contribution is 6.11. The molecule has 1 fully saturated rings. The molecule has 3 N–H and O–H groups in total. The maximum absolute atomic E-state index is 13.9. The summed E-state index contributed by atoms with van der Waals surface area (Å²) in [5, 5.41) is 17.1. The fourth-order valence-corrected chi connectivity index (χ4v) is 5.23. The molecule has 0 spiro atoms. The van der Waals surface area contributed by atoms with Gasteiger partial charge in [-0.3, -0.25) is 14.4 Å². The van der Waals surface area contributed by atoms with Gasteiger partial charge in [-0.2, -0.15) is 0 Å². The molecule has 0 bridgehead atoms. The van der Waals surface area contributed by atoms with E-state index in [1.165, 1.54) is 28.3 Å². The number of amides is 2. The van der Waals surface area contributed by atoms with Gasteiger partial charge in [-0.25, -0.2) is 0 Å². The van der Waals surface area contributed by atoms with Crippen LogP contribution in [0.15, 0.2) is 72.8 Å². The summed E-state index contributed by atoms with van der Waals surface area (Å²) in [6.45, 7) is 1.45. The van der Waals surface area contributed by atoms with Crippen LogP contribution in [0.3, 0.4) is 0 Å². The summed E-state index contributed by atoms with van der Waals surface area (Å²) in [6, 6.07) is 20.5. The van der Waals surface area contributed by atoms with Crippen molar-refractivity contribution in [3.63, 3.8) is 0 Å². The second-order valence-corrected chi connectivity index (χ2v) is 9.63. The topological polar surface area (TPSA) is 123 Å². The number of carbonyl (C=O) groups excluding carboxylic acids is 3. The predicted octanol–water partition coefficient (Wildman–Crippen LogP) is 4.03. The lowest BCUT2D eigenvalue weighted by molar-refractivity contribution is -0.150. The van der Waals surface area contributed by atoms with E-state index in [-0.39, 0.29) is 6.42 Å². The van der Waals surface area contributed by atoms with E-state index in [9.17, 15) is 19.5 Å². The van der Waals surface area contributed by atoms with E-state index in [1.807, 2.05) is 0 Å². The predicted molar refractivity (Wildman–Crippen MR) is 146 cm³/mol. The van der Waals surface area contributed by atoms with Gasteiger partial charge in [0.1, 0.15) is 28.9 Å². The number of para-hydroxylation sites is 4. The van der Waals surface area contributed by atoms with Crippen molar-refractivity contribution in [2.24, 2.45) is 11.8 Å². The number of aliphatic hydroxyl groups is 1. The van der Waals surface area contributed by atoms with Crippen molar-refractivity contribution in [2.45, 2.75) is 24.9 Å². The summed E-state index contributed by atoms with van der Waals surface area (Å²) in [5.74, 6) is -3.62. The van der Waals surface area contributed by atoms with Crippen molar-refractivity contribution in [1.29, 1.82) is 0 Å². The highest BCUT2D eigenvalue weighted by atomic mass is 16.5. The Morgan fingerprint density at radius 3 is 1.82 bits per heavy atom. The molecule has 0 aliphatic heterocycles. The Morgan fingerprint density at radius 1 is 0.795 bits per heavy atom. The molecule has 0 heterocycles. The lowest BCUT2D eigenvalue weighted by Crippen LogP contribution is -2.56. The van der Waals surface area contributed by atoms with E-state index in [0.29, 0.717) is 34.2 Å². The van der Waals surface area contributed by atoms with Gasteiger partial charge in [-0.05, 0) is 48.9 Å². The number of Topliss-reactive ketones (excluding diaryl/α,β-unsaturated/α-hetero) is 1. The number of rotatable bonds is 8. The molecule has 1 aliphatic rings. The fourth-order valence-electron chi connectivity index (χ4n) is 5.23. The molecule has 4 atom stereocenters. The van der Waals surface area contributed by atoms with Crippen LogP contribution in [0, 0.1) is 11.8 Å². The summed E-state index contributed by atoms with van der Waals surface area (Å²) in [4.78, 5) is 41.1. The second-order valence-electron chi connectivity index (χ2n) is 9.63. The van der Waals surface area contributed by atoms with Crippen LogP contribution in [-0.2, 0) is 14.4 Å². The van der Waals surface area contributed by atoms with Gasteiger partial charge in [0, 0.05) is 12.3 Å². The molecule has 39 heavy (non-hydrogen) atoms. The van der Waals surface area contributed by atoms with Crippen LogP contribution >= 0.6 is 0 Å². The number of methoxy groups -OCH3 is 3. The van der Waals surface area contributed by atoms with Gasteiger partial charge < -0.3 is 30.0 Å². The Balaban J connectivity index is 1.79. The summed E-state index contributed by atoms with van der Waals surface area (Å²) >= 11 is 0. The SMILES string of the molecule is COc1ccc([C@H]2[C@H](C(=O)Nc3ccccc3OC)C(=O)C[C@](C)(O)[C@H]2C(=O)Nc2ccccc2OC)cc1. The summed E-state index contributed by atoms with van der Waals surface area (Å²) in [5.41, 5.74) is -0.418. The molecule has 0 aromatic heterocycles. The van der Waals surface area contributed by atoms with Crippen molar-refractivity contribution in [3.05, 3.63) is 78.4 Å². The van der Waals surface area contributed by atoms with E-state index in [1.54, 1.807) is 72.8 Å². The van der Waals surface area contributed by atoms with Gasteiger partial charge >= 0.3 is 0 Å². The van der Waals surface area contributed by atoms with Crippen molar-refractivity contribution in [2.75, 3.05) is 32.0 Å². The summed E-state index contributed by atoms with van der Waals surface area (Å²) in [7, 11) is 4.49. The van der Waals surface area contributed by atoms with Gasteiger partial charge in [0.15, 0.2) is 0 Å². The molecule has 0 radical (unpaired) electrons. The first kappa shape index (κ1) is 27.7. The Hall–Kier alpha value is -4.37. The highest BCUT2D eigenvalue weighted by Crippen LogP contribution is 2.47. The zero-order valence-corrected chi connectivity index (χ0v) is 22.3. The molecule has 0 saturated heterocycles. The van der Waals surface area contributed by atoms with E-state index in [0.717, 1.165) is 0 Å². The van der Waals surface area contributed by atoms with Gasteiger partial charge in [0.05, 0.1) is 44.2 Å². The van der Waals surface area contributed by atoms with E-state index in [2.05, 4.69) is 10.6 Å². The minimum Gasteiger partial charge on any atom is -0.497 e. The third kappa shape index (κ3) is 5.73. The molecular formula is C30H32N2O7. The number of anilines is 2. The number of ketones is 1. The first-order chi connectivity index (χ1) is 18.7. The van der Waals surface area contributed by atoms with E-state index >= 15 is 0 Å². The average molecular weight is 533 g/mol. The Morgan fingerprint density at radius 2 is 1.31 bits per heavy atom. The first-order valence-corrected chi connectivity index (χ1v) is 12.5. The van der Waals surface area contributed by atoms with Crippen molar-refractivity contribution in [1.82, 2.24) is 0 Å². The van der Waals surface area contributed by atoms with Crippen molar-refractivity contribution in [3.8, 4) is 17.2 Å². The molecule has 2 amide bonds. The monoisotopic (exact) mass is 532 g/mol. The molecule has 1 saturated carbocycles. The summed E-state index contributed by atoms with van der Waals surface area (Å²) in [6.07, 6.45) is -0.381. The molecule has 204 valence electrons. The minimum atomic E-state index is -1.74. The Bertz CT molecular complexity index is 1350. The summed E-state index contributed by atoms with van der Waals surface area (Å²) < 4.78 is 16.0. The third-order valence-corrected chi connectivity index (χ3v) is 7.06. The van der Waals surface area contributed by atoms with Crippen LogP contribution in [0.25, 0.3) is 0 Å². The zero-order chi connectivity index (χ0) is 28.2. The molecule has 9 heteroatoms. The van der Waals surface area contributed by atoms with Crippen LogP contribution in [0.2, 0.25) is 0 Å². The molecule has 3 aromatic carbocycles. The largest absolute Gasteiger partial charge is 0.497 e. The highest BCUT2D eigenvalue weighted by Gasteiger charge is 2.56. The van der Waals surface area contributed by atoms with Crippen LogP contribution in [0.5, 0.6) is 17.2 Å². The van der Waals surface area contributed by atoms with Gasteiger partial charge in [0.25, 0.3) is 0 Å². The molecule has 3 aromatic rings. The molecule has 4 rings (SSSR count). The van der Waals surface area contributed by atoms with Crippen LogP contribution in [0.1, 0.15) is 24.8 Å². The number of hydrogen-bond acceptors (Lipinski definition) is 7. The lowest BCUT2D eigenvalue weighted by Gasteiger charge is -2.44. The molecule has 9 nitrogen and oxygen atoms in total. The van der Waals surface area contributed by atoms with Gasteiger partial charge in [-0.1, -0.05) is 36.4 Å². The molecule has 1 aliphatic carbocycles. The van der Waals surface area contributed by atoms with Crippen LogP contribution in [-0.4, -0.2) is 49.6 Å². The van der Waals surface area contributed by atoms with E-state index < -0.39 is 41.0 Å². The average Bonchev–Trinajstić information content (AvgIpc) is 2.92. The number of carbonyl (C=O) groups is 3. The normalized spacial score (nSPS) is 22.5. The van der Waals surface area contributed by atoms with Crippen LogP contribution < -0.4 is 24.8 Å². The van der Waals surface area contributed by atoms with Gasteiger partial charge in [0.2, 0.25) is 11.8 Å². The second kappa shape index (κ2) is 11.6. The smallest absolute Gasteiger partial charge is 0.235 e. The lowest BCUT2D eigenvalue weighted by atomic mass is 9.61. The molecular weight excluding hydrogens is 500 g/mol. The van der Waals surface area contributed by atoms with Crippen LogP contribution in [0.4, 0.5) is 11.4 Å². The van der Waals surface area contributed by atoms with Gasteiger partial charge in [-0.15, -0.1) is 0 Å². The van der Waals surface area contributed by atoms with Crippen molar-refractivity contribution >= 4 is 29.0 Å². The number of nitrogens with one attached hydrogen (secondary N) is 2. The third-order valence-electron chi connectivity index (χ3n) is 7.06. The molecule has 0 unspecified atom stereocenters. The number of benzene rings is 3. The Labute approximate surface area is 227 Å². The quantitative estimate of drug-likeness (QED) is 0.374. The maximum Gasteiger partial charge on any atom is 0.235 e. The van der Waals surface area contributed by atoms with E-state index in [4.69, 9.17) is 14.2 Å². The number of ether oxygens (including phenoxy) is 3. The fraction of sp³-hybridized carbons (Fsp3) is 0.300. The first-order valence-electron chi connectivity index (χ1n) is 12.5. The number of hydrogen-bond donors (Lipinski definition) is 3. The van der Waals surface area contributed by atoms with Crippen molar-refractivity contribution < 1.29 is 33.7 Å². The zero-order valence-electron chi connectivity index (χ0n) is 22.3. The minimum absolute atomic E-state index is 0.381. The maximum atomic E-state index is 13.9. The standard InChI is InChI=1S/C30H32N2O7/c1-30(36)17-22(33)26(28(34)31-20-9-5-7-11-23(20)38-3)25(18-13-15-19(37-2)16-14-18)27(30)29(35)32-21-10-6-8-12-24(21)39-4/h5-16,25-27,36H,17H2,1-4H3,(H,31,34)(H,32,35)/t25-,26+,27+,30-/m0/s1. The Kier molecular flexibility index (Phi) is 8.21.